The van der Waals surface area contributed by atoms with E-state index in [1.165, 1.54) is 18.2 Å². The van der Waals surface area contributed by atoms with Crippen LogP contribution in [0.15, 0.2) is 18.2 Å². The molecule has 1 aromatic rings. The molecule has 0 aliphatic carbocycles. The number of rotatable bonds is 4. The van der Waals surface area contributed by atoms with Gasteiger partial charge in [0.05, 0.1) is 11.8 Å². The molecule has 80 valence electrons. The van der Waals surface area contributed by atoms with Crippen molar-refractivity contribution in [2.24, 2.45) is 0 Å². The normalized spacial score (nSPS) is 10.0. The number of hydrogen-bond acceptors (Lipinski definition) is 3. The molecule has 0 amide bonds. The maximum absolute atomic E-state index is 11.3. The molecule has 1 rings (SSSR count). The molecule has 3 nitrogen and oxygen atoms in total. The third kappa shape index (κ3) is 2.70. The summed E-state index contributed by atoms with van der Waals surface area (Å²) >= 11 is 10.8. The molecule has 0 atom stereocenters. The predicted octanol–water partition coefficient (Wildman–Crippen LogP) is 2.11. The Kier molecular flexibility index (Phi) is 4.12. The van der Waals surface area contributed by atoms with Gasteiger partial charge in [0.2, 0.25) is 0 Å². The average Bonchev–Trinajstić information content (AvgIpc) is 2.26. The first-order valence-corrected chi connectivity index (χ1v) is 5.25. The van der Waals surface area contributed by atoms with Crippen molar-refractivity contribution in [3.05, 3.63) is 29.3 Å². The molecule has 0 aliphatic rings. The lowest BCUT2D eigenvalue weighted by Crippen LogP contribution is -2.08. The van der Waals surface area contributed by atoms with Crippen LogP contribution >= 0.6 is 23.2 Å². The van der Waals surface area contributed by atoms with Gasteiger partial charge in [0.1, 0.15) is 0 Å². The van der Waals surface area contributed by atoms with Crippen LogP contribution in [0, 0.1) is 0 Å². The number of benzene rings is 1. The second kappa shape index (κ2) is 5.14. The molecule has 0 aliphatic heterocycles. The van der Waals surface area contributed by atoms with Crippen molar-refractivity contribution >= 4 is 40.5 Å². The number of carbonyl (C=O) groups excluding carboxylic acids is 2. The quantitative estimate of drug-likeness (QED) is 0.502. The molecule has 0 radical (unpaired) electrons. The first kappa shape index (κ1) is 12.0. The largest absolute Gasteiger partial charge is 0.398 e. The van der Waals surface area contributed by atoms with Crippen LogP contribution in [0.1, 0.15) is 20.7 Å². The molecule has 0 aromatic heterocycles. The summed E-state index contributed by atoms with van der Waals surface area (Å²) in [6.07, 6.45) is 0. The highest BCUT2D eigenvalue weighted by Gasteiger charge is 2.11. The number of carbonyl (C=O) groups is 2. The van der Waals surface area contributed by atoms with Gasteiger partial charge < -0.3 is 5.73 Å². The minimum absolute atomic E-state index is 0.109. The van der Waals surface area contributed by atoms with Gasteiger partial charge in [-0.25, -0.2) is 0 Å². The molecule has 5 heteroatoms. The third-order valence-electron chi connectivity index (χ3n) is 1.92. The van der Waals surface area contributed by atoms with E-state index in [4.69, 9.17) is 28.9 Å². The van der Waals surface area contributed by atoms with Crippen LogP contribution in [0.4, 0.5) is 5.69 Å². The fourth-order valence-electron chi connectivity index (χ4n) is 1.14. The molecular weight excluding hydrogens is 237 g/mol. The maximum atomic E-state index is 11.3. The number of nitrogens with two attached hydrogens (primary N) is 1. The van der Waals surface area contributed by atoms with Crippen molar-refractivity contribution in [1.29, 1.82) is 0 Å². The van der Waals surface area contributed by atoms with Crippen molar-refractivity contribution < 1.29 is 9.59 Å². The summed E-state index contributed by atoms with van der Waals surface area (Å²) in [7, 11) is 0. The molecule has 0 fully saturated rings. The Morgan fingerprint density at radius 3 is 2.20 bits per heavy atom. The lowest BCUT2D eigenvalue weighted by atomic mass is 10.0. The zero-order valence-electron chi connectivity index (χ0n) is 7.80. The van der Waals surface area contributed by atoms with E-state index in [9.17, 15) is 9.59 Å². The summed E-state index contributed by atoms with van der Waals surface area (Å²) in [4.78, 5) is 22.5. The van der Waals surface area contributed by atoms with Crippen molar-refractivity contribution in [1.82, 2.24) is 0 Å². The molecule has 0 spiro atoms. The number of alkyl halides is 2. The van der Waals surface area contributed by atoms with Gasteiger partial charge in [-0.05, 0) is 12.1 Å². The molecular formula is C10H9Cl2NO2. The predicted molar refractivity (Wildman–Crippen MR) is 61.0 cm³/mol. The van der Waals surface area contributed by atoms with Gasteiger partial charge >= 0.3 is 0 Å². The number of halogens is 2. The minimum atomic E-state index is -0.265. The fourth-order valence-corrected chi connectivity index (χ4v) is 1.44. The molecule has 1 aromatic carbocycles. The van der Waals surface area contributed by atoms with Crippen LogP contribution in [0.25, 0.3) is 0 Å². The van der Waals surface area contributed by atoms with Gasteiger partial charge in [-0.2, -0.15) is 0 Å². The summed E-state index contributed by atoms with van der Waals surface area (Å²) < 4.78 is 0. The van der Waals surface area contributed by atoms with Gasteiger partial charge in [-0.3, -0.25) is 9.59 Å². The van der Waals surface area contributed by atoms with Crippen LogP contribution in [0.5, 0.6) is 0 Å². The van der Waals surface area contributed by atoms with E-state index in [-0.39, 0.29) is 29.0 Å². The van der Waals surface area contributed by atoms with E-state index in [0.717, 1.165) is 0 Å². The zero-order chi connectivity index (χ0) is 11.4. The van der Waals surface area contributed by atoms with Crippen LogP contribution in [0.3, 0.4) is 0 Å². The van der Waals surface area contributed by atoms with E-state index in [0.29, 0.717) is 11.1 Å². The Labute approximate surface area is 97.2 Å². The standard InChI is InChI=1S/C10H9Cl2NO2/c11-4-9(14)6-1-2-7(8(13)3-6)10(15)5-12/h1-3H,4-5,13H2. The lowest BCUT2D eigenvalue weighted by Gasteiger charge is -2.04. The van der Waals surface area contributed by atoms with E-state index < -0.39 is 0 Å². The monoisotopic (exact) mass is 245 g/mol. The SMILES string of the molecule is Nc1cc(C(=O)CCl)ccc1C(=O)CCl. The average molecular weight is 246 g/mol. The van der Waals surface area contributed by atoms with Gasteiger partial charge in [0, 0.05) is 16.8 Å². The minimum Gasteiger partial charge on any atom is -0.398 e. The number of anilines is 1. The van der Waals surface area contributed by atoms with Crippen molar-refractivity contribution in [2.45, 2.75) is 0 Å². The third-order valence-corrected chi connectivity index (χ3v) is 2.40. The highest BCUT2D eigenvalue weighted by molar-refractivity contribution is 6.32. The molecule has 0 bridgehead atoms. The summed E-state index contributed by atoms with van der Waals surface area (Å²) in [5, 5.41) is 0. The van der Waals surface area contributed by atoms with Crippen molar-refractivity contribution in [3.8, 4) is 0 Å². The Morgan fingerprint density at radius 1 is 1.13 bits per heavy atom. The van der Waals surface area contributed by atoms with E-state index >= 15 is 0 Å². The number of nitrogen functional groups attached to an aromatic ring is 1. The smallest absolute Gasteiger partial charge is 0.179 e. The number of Topliss-reactive ketones (excluding diaryl/α,β-unsaturated/α-hetero) is 2. The van der Waals surface area contributed by atoms with E-state index in [1.807, 2.05) is 0 Å². The van der Waals surface area contributed by atoms with Crippen molar-refractivity contribution in [2.75, 3.05) is 17.5 Å². The first-order chi connectivity index (χ1) is 7.10. The highest BCUT2D eigenvalue weighted by atomic mass is 35.5. The highest BCUT2D eigenvalue weighted by Crippen LogP contribution is 2.16. The fraction of sp³-hybridized carbons (Fsp3) is 0.200. The molecule has 0 unspecified atom stereocenters. The van der Waals surface area contributed by atoms with Crippen LogP contribution in [-0.2, 0) is 0 Å². The summed E-state index contributed by atoms with van der Waals surface area (Å²) in [5.74, 6) is -0.734. The maximum Gasteiger partial charge on any atom is 0.179 e. The molecule has 0 saturated heterocycles. The molecule has 0 saturated carbocycles. The Balaban J connectivity index is 3.08. The van der Waals surface area contributed by atoms with Gasteiger partial charge in [-0.1, -0.05) is 6.07 Å². The van der Waals surface area contributed by atoms with Gasteiger partial charge in [0.25, 0.3) is 0 Å². The Hall–Kier alpha value is -1.06. The second-order valence-electron chi connectivity index (χ2n) is 2.92. The Bertz CT molecular complexity index is 404. The molecule has 0 heterocycles. The zero-order valence-corrected chi connectivity index (χ0v) is 9.31. The lowest BCUT2D eigenvalue weighted by molar-refractivity contribution is 0.101. The summed E-state index contributed by atoms with van der Waals surface area (Å²) in [5.41, 5.74) is 6.59. The topological polar surface area (TPSA) is 60.2 Å². The summed E-state index contributed by atoms with van der Waals surface area (Å²) in [6.45, 7) is 0. The van der Waals surface area contributed by atoms with Crippen LogP contribution in [-0.4, -0.2) is 23.3 Å². The second-order valence-corrected chi connectivity index (χ2v) is 3.45. The molecule has 15 heavy (non-hydrogen) atoms. The number of hydrogen-bond donors (Lipinski definition) is 1. The van der Waals surface area contributed by atoms with E-state index in [2.05, 4.69) is 0 Å². The molecule has 2 N–H and O–H groups in total. The van der Waals surface area contributed by atoms with Crippen LogP contribution < -0.4 is 5.73 Å². The number of ketones is 2. The first-order valence-electron chi connectivity index (χ1n) is 4.18. The van der Waals surface area contributed by atoms with Crippen molar-refractivity contribution in [3.63, 3.8) is 0 Å². The van der Waals surface area contributed by atoms with Crippen LogP contribution in [0.2, 0.25) is 0 Å². The van der Waals surface area contributed by atoms with Gasteiger partial charge in [0.15, 0.2) is 11.6 Å². The van der Waals surface area contributed by atoms with Gasteiger partial charge in [-0.15, -0.1) is 23.2 Å². The summed E-state index contributed by atoms with van der Waals surface area (Å²) in [6, 6.07) is 4.44. The van der Waals surface area contributed by atoms with E-state index in [1.54, 1.807) is 0 Å². The Morgan fingerprint density at radius 2 is 1.73 bits per heavy atom.